The number of nitrogens with two attached hydrogens (primary N) is 1. The summed E-state index contributed by atoms with van der Waals surface area (Å²) < 4.78 is 5.75. The number of rotatable bonds is 6. The van der Waals surface area contributed by atoms with Crippen molar-refractivity contribution in [3.05, 3.63) is 45.6 Å². The fraction of sp³-hybridized carbons (Fsp3) is 0.474. The Balaban J connectivity index is 1.48. The van der Waals surface area contributed by atoms with E-state index in [1.807, 2.05) is 6.07 Å². The van der Waals surface area contributed by atoms with Crippen LogP contribution in [0.15, 0.2) is 27.6 Å². The molecule has 154 valence electrons. The normalized spacial score (nSPS) is 22.6. The van der Waals surface area contributed by atoms with Gasteiger partial charge in [-0.3, -0.25) is 15.3 Å². The Kier molecular flexibility index (Phi) is 6.15. The van der Waals surface area contributed by atoms with Gasteiger partial charge < -0.3 is 15.5 Å². The third kappa shape index (κ3) is 4.61. The van der Waals surface area contributed by atoms with E-state index in [0.29, 0.717) is 47.8 Å². The minimum atomic E-state index is -0.244. The van der Waals surface area contributed by atoms with E-state index in [4.69, 9.17) is 38.8 Å². The van der Waals surface area contributed by atoms with Gasteiger partial charge >= 0.3 is 0 Å². The van der Waals surface area contributed by atoms with Gasteiger partial charge in [-0.1, -0.05) is 23.2 Å². The molecule has 0 amide bonds. The molecule has 0 saturated carbocycles. The number of amidine groups is 1. The van der Waals surface area contributed by atoms with Gasteiger partial charge in [-0.05, 0) is 43.1 Å². The molecule has 1 fully saturated rings. The van der Waals surface area contributed by atoms with Crippen molar-refractivity contribution < 1.29 is 4.42 Å². The van der Waals surface area contributed by atoms with Crippen LogP contribution in [0.5, 0.6) is 0 Å². The molecule has 0 spiro atoms. The Morgan fingerprint density at radius 1 is 1.34 bits per heavy atom. The smallest absolute Gasteiger partial charge is 0.261 e. The summed E-state index contributed by atoms with van der Waals surface area (Å²) in [6.07, 6.45) is 2.37. The van der Waals surface area contributed by atoms with Crippen LogP contribution in [-0.4, -0.2) is 52.3 Å². The van der Waals surface area contributed by atoms with Crippen LogP contribution >= 0.6 is 23.2 Å². The molecule has 0 bridgehead atoms. The van der Waals surface area contributed by atoms with Gasteiger partial charge in [-0.25, -0.2) is 0 Å². The fourth-order valence-electron chi connectivity index (χ4n) is 3.74. The van der Waals surface area contributed by atoms with Crippen LogP contribution in [0.1, 0.15) is 42.6 Å². The van der Waals surface area contributed by atoms with Crippen molar-refractivity contribution in [1.29, 1.82) is 5.41 Å². The van der Waals surface area contributed by atoms with Gasteiger partial charge in [0.1, 0.15) is 5.84 Å². The minimum Gasteiger partial charge on any atom is -0.418 e. The first-order valence-electron chi connectivity index (χ1n) is 9.63. The molecule has 0 aliphatic carbocycles. The highest BCUT2D eigenvalue weighted by atomic mass is 35.5. The number of nitrogens with zero attached hydrogens (tertiary/aromatic N) is 4. The second kappa shape index (κ2) is 8.79. The highest BCUT2D eigenvalue weighted by molar-refractivity contribution is 6.33. The van der Waals surface area contributed by atoms with Crippen molar-refractivity contribution in [2.24, 2.45) is 10.7 Å². The van der Waals surface area contributed by atoms with E-state index in [1.54, 1.807) is 12.1 Å². The molecule has 1 aromatic heterocycles. The van der Waals surface area contributed by atoms with Gasteiger partial charge in [0, 0.05) is 29.6 Å². The SMILES string of the molecule is N=C(CC1C(N)=NCCN1Cc1cc(Cl)ccc1Cl)c1nnc(C2CCCN2)o1. The van der Waals surface area contributed by atoms with Crippen LogP contribution in [0.25, 0.3) is 0 Å². The predicted octanol–water partition coefficient (Wildman–Crippen LogP) is 2.80. The Labute approximate surface area is 179 Å². The molecular weight excluding hydrogens is 413 g/mol. The first kappa shape index (κ1) is 20.3. The fourth-order valence-corrected chi connectivity index (χ4v) is 4.11. The van der Waals surface area contributed by atoms with Gasteiger partial charge in [0.2, 0.25) is 5.89 Å². The van der Waals surface area contributed by atoms with Gasteiger partial charge in [0.15, 0.2) is 0 Å². The van der Waals surface area contributed by atoms with Gasteiger partial charge in [-0.2, -0.15) is 0 Å². The first-order chi connectivity index (χ1) is 14.0. The van der Waals surface area contributed by atoms with Crippen molar-refractivity contribution in [2.45, 2.75) is 37.9 Å². The number of benzene rings is 1. The van der Waals surface area contributed by atoms with Gasteiger partial charge in [0.05, 0.1) is 24.3 Å². The molecular formula is C19H23Cl2N7O. The Bertz CT molecular complexity index is 923. The highest BCUT2D eigenvalue weighted by Crippen LogP contribution is 2.25. The molecule has 2 unspecified atom stereocenters. The summed E-state index contributed by atoms with van der Waals surface area (Å²) in [5, 5.41) is 21.3. The van der Waals surface area contributed by atoms with E-state index in [9.17, 15) is 0 Å². The molecule has 2 atom stereocenters. The van der Waals surface area contributed by atoms with E-state index in [-0.39, 0.29) is 23.7 Å². The van der Waals surface area contributed by atoms with Crippen molar-refractivity contribution in [3.63, 3.8) is 0 Å². The average molecular weight is 436 g/mol. The minimum absolute atomic E-state index is 0.0758. The van der Waals surface area contributed by atoms with E-state index in [1.165, 1.54) is 0 Å². The summed E-state index contributed by atoms with van der Waals surface area (Å²) >= 11 is 12.5. The summed E-state index contributed by atoms with van der Waals surface area (Å²) in [5.41, 5.74) is 7.36. The Hall–Kier alpha value is -2.00. The van der Waals surface area contributed by atoms with Gasteiger partial charge in [-0.15, -0.1) is 10.2 Å². The van der Waals surface area contributed by atoms with Crippen LogP contribution in [-0.2, 0) is 6.54 Å². The summed E-state index contributed by atoms with van der Waals surface area (Å²) in [6, 6.07) is 5.24. The quantitative estimate of drug-likeness (QED) is 0.600. The summed E-state index contributed by atoms with van der Waals surface area (Å²) in [7, 11) is 0. The lowest BCUT2D eigenvalue weighted by molar-refractivity contribution is 0.231. The number of aliphatic imine (C=N–C) groups is 1. The number of halogens is 2. The average Bonchev–Trinajstić information content (AvgIpc) is 3.39. The zero-order chi connectivity index (χ0) is 20.4. The maximum Gasteiger partial charge on any atom is 0.261 e. The van der Waals surface area contributed by atoms with Gasteiger partial charge in [0.25, 0.3) is 5.89 Å². The molecule has 8 nitrogen and oxygen atoms in total. The first-order valence-corrected chi connectivity index (χ1v) is 10.4. The third-order valence-corrected chi connectivity index (χ3v) is 5.90. The molecule has 2 aliphatic heterocycles. The molecule has 3 heterocycles. The summed E-state index contributed by atoms with van der Waals surface area (Å²) in [5.74, 6) is 1.26. The second-order valence-electron chi connectivity index (χ2n) is 7.31. The molecule has 29 heavy (non-hydrogen) atoms. The number of aromatic nitrogens is 2. The number of hydrogen-bond donors (Lipinski definition) is 3. The van der Waals surface area contributed by atoms with Crippen LogP contribution in [0.3, 0.4) is 0 Å². The third-order valence-electron chi connectivity index (χ3n) is 5.30. The van der Waals surface area contributed by atoms with Crippen molar-refractivity contribution >= 4 is 34.7 Å². The molecule has 2 aliphatic rings. The zero-order valence-corrected chi connectivity index (χ0v) is 17.4. The maximum absolute atomic E-state index is 8.49. The Morgan fingerprint density at radius 2 is 2.21 bits per heavy atom. The molecule has 4 N–H and O–H groups in total. The number of nitrogens with one attached hydrogen (secondary N) is 2. The molecule has 4 rings (SSSR count). The molecule has 0 radical (unpaired) electrons. The number of hydrogen-bond acceptors (Lipinski definition) is 8. The highest BCUT2D eigenvalue weighted by Gasteiger charge is 2.30. The molecule has 1 saturated heterocycles. The topological polar surface area (TPSA) is 116 Å². The standard InChI is InChI=1S/C19H23Cl2N7O/c20-12-3-4-13(21)11(8-12)10-28-7-6-25-17(23)16(28)9-14(22)18-26-27-19(29-18)15-2-1-5-24-15/h3-4,8,15-16,22,24H,1-2,5-7,9-10H2,(H2,23,25). The van der Waals surface area contributed by atoms with E-state index in [0.717, 1.165) is 24.9 Å². The molecule has 10 heteroatoms. The maximum atomic E-state index is 8.49. The predicted molar refractivity (Wildman–Crippen MR) is 113 cm³/mol. The van der Waals surface area contributed by atoms with E-state index >= 15 is 0 Å². The van der Waals surface area contributed by atoms with Crippen molar-refractivity contribution in [2.75, 3.05) is 19.6 Å². The van der Waals surface area contributed by atoms with Crippen LogP contribution in [0.4, 0.5) is 0 Å². The summed E-state index contributed by atoms with van der Waals surface area (Å²) in [6.45, 7) is 2.82. The second-order valence-corrected chi connectivity index (χ2v) is 8.15. The lowest BCUT2D eigenvalue weighted by atomic mass is 10.0. The summed E-state index contributed by atoms with van der Waals surface area (Å²) in [4.78, 5) is 6.54. The Morgan fingerprint density at radius 3 is 3.00 bits per heavy atom. The van der Waals surface area contributed by atoms with E-state index in [2.05, 4.69) is 25.4 Å². The lowest BCUT2D eigenvalue weighted by Gasteiger charge is -2.34. The van der Waals surface area contributed by atoms with E-state index < -0.39 is 0 Å². The zero-order valence-electron chi connectivity index (χ0n) is 15.9. The van der Waals surface area contributed by atoms with Crippen LogP contribution in [0.2, 0.25) is 10.0 Å². The lowest BCUT2D eigenvalue weighted by Crippen LogP contribution is -2.50. The van der Waals surface area contributed by atoms with Crippen LogP contribution < -0.4 is 11.1 Å². The van der Waals surface area contributed by atoms with Crippen LogP contribution in [0, 0.1) is 5.41 Å². The largest absolute Gasteiger partial charge is 0.418 e. The van der Waals surface area contributed by atoms with Crippen molar-refractivity contribution in [1.82, 2.24) is 20.4 Å². The molecule has 1 aromatic carbocycles. The molecule has 2 aromatic rings. The van der Waals surface area contributed by atoms with Crippen molar-refractivity contribution in [3.8, 4) is 0 Å². The monoisotopic (exact) mass is 435 g/mol.